The maximum Gasteiger partial charge on any atom is 0.407 e. The van der Waals surface area contributed by atoms with Crippen molar-refractivity contribution in [3.8, 4) is 22.3 Å². The fourth-order valence-corrected chi connectivity index (χ4v) is 3.77. The number of amides is 1. The van der Waals surface area contributed by atoms with Crippen molar-refractivity contribution in [3.05, 3.63) is 66.2 Å². The van der Waals surface area contributed by atoms with E-state index in [1.165, 1.54) is 0 Å². The van der Waals surface area contributed by atoms with Crippen molar-refractivity contribution < 1.29 is 19.1 Å². The molecule has 4 aromatic rings. The third kappa shape index (κ3) is 4.53. The number of carbonyl (C=O) groups excluding carboxylic acids is 1. The van der Waals surface area contributed by atoms with Gasteiger partial charge in [0.1, 0.15) is 11.2 Å². The predicted molar refractivity (Wildman–Crippen MR) is 123 cm³/mol. The fraction of sp³-hybridized carbons (Fsp3) is 0.280. The molecule has 1 amide bonds. The average molecular weight is 434 g/mol. The third-order valence-corrected chi connectivity index (χ3v) is 5.06. The van der Waals surface area contributed by atoms with Crippen LogP contribution in [0, 0.1) is 0 Å². The van der Waals surface area contributed by atoms with E-state index in [1.54, 1.807) is 17.1 Å². The summed E-state index contributed by atoms with van der Waals surface area (Å²) in [6.45, 7) is 5.71. The molecule has 0 saturated heterocycles. The van der Waals surface area contributed by atoms with Gasteiger partial charge in [-0.15, -0.1) is 0 Å². The van der Waals surface area contributed by atoms with Gasteiger partial charge in [0.15, 0.2) is 0 Å². The third-order valence-electron chi connectivity index (χ3n) is 5.06. The second kappa shape index (κ2) is 8.51. The summed E-state index contributed by atoms with van der Waals surface area (Å²) < 4.78 is 12.9. The number of carbonyl (C=O) groups is 1. The molecule has 0 aliphatic rings. The quantitative estimate of drug-likeness (QED) is 0.461. The highest BCUT2D eigenvalue weighted by Crippen LogP contribution is 2.39. The Morgan fingerprint density at radius 1 is 1.22 bits per heavy atom. The number of rotatable bonds is 5. The Kier molecular flexibility index (Phi) is 5.76. The zero-order chi connectivity index (χ0) is 22.9. The first-order chi connectivity index (χ1) is 15.2. The summed E-state index contributed by atoms with van der Waals surface area (Å²) >= 11 is 0. The van der Waals surface area contributed by atoms with Gasteiger partial charge in [0.05, 0.1) is 19.1 Å². The number of fused-ring (bicyclic) bond motifs is 1. The molecule has 0 fully saturated rings. The van der Waals surface area contributed by atoms with E-state index < -0.39 is 11.7 Å². The highest BCUT2D eigenvalue weighted by atomic mass is 16.6. The highest BCUT2D eigenvalue weighted by molar-refractivity contribution is 6.03. The standard InChI is InChI=1S/C25H27N3O4/c1-25(2,3)32-24(30)26-12-16-6-5-7-17(10-16)21-11-18(15-29)22(19-13-27-28(4)14-19)20-8-9-31-23(20)21/h5-11,13-14,29H,12,15H2,1-4H3,(H,26,30). The fourth-order valence-electron chi connectivity index (χ4n) is 3.77. The van der Waals surface area contributed by atoms with Crippen molar-refractivity contribution in [2.45, 2.75) is 39.5 Å². The minimum atomic E-state index is -0.548. The zero-order valence-electron chi connectivity index (χ0n) is 18.7. The number of benzene rings is 2. The van der Waals surface area contributed by atoms with Crippen molar-refractivity contribution in [1.29, 1.82) is 0 Å². The molecular formula is C25H27N3O4. The molecule has 2 heterocycles. The molecule has 0 aliphatic carbocycles. The first-order valence-electron chi connectivity index (χ1n) is 10.4. The molecule has 0 aliphatic heterocycles. The highest BCUT2D eigenvalue weighted by Gasteiger charge is 2.19. The number of ether oxygens (including phenoxy) is 1. The molecule has 166 valence electrons. The lowest BCUT2D eigenvalue weighted by Crippen LogP contribution is -2.32. The molecule has 2 aromatic carbocycles. The van der Waals surface area contributed by atoms with Crippen LogP contribution < -0.4 is 5.32 Å². The van der Waals surface area contributed by atoms with Crippen LogP contribution in [0.1, 0.15) is 31.9 Å². The van der Waals surface area contributed by atoms with E-state index in [1.807, 2.05) is 70.4 Å². The van der Waals surface area contributed by atoms with Crippen LogP contribution in [-0.2, 0) is 24.9 Å². The van der Waals surface area contributed by atoms with Crippen molar-refractivity contribution in [3.63, 3.8) is 0 Å². The van der Waals surface area contributed by atoms with Gasteiger partial charge in [-0.25, -0.2) is 4.79 Å². The minimum absolute atomic E-state index is 0.113. The number of hydrogen-bond donors (Lipinski definition) is 2. The molecule has 2 N–H and O–H groups in total. The molecule has 2 aromatic heterocycles. The van der Waals surface area contributed by atoms with Crippen LogP contribution in [0.25, 0.3) is 33.2 Å². The maximum atomic E-state index is 12.0. The summed E-state index contributed by atoms with van der Waals surface area (Å²) in [5, 5.41) is 18.1. The smallest absolute Gasteiger partial charge is 0.407 e. The lowest BCUT2D eigenvalue weighted by molar-refractivity contribution is 0.0523. The average Bonchev–Trinajstić information content (AvgIpc) is 3.39. The molecule has 0 bridgehead atoms. The molecule has 7 heteroatoms. The second-order valence-corrected chi connectivity index (χ2v) is 8.74. The van der Waals surface area contributed by atoms with Gasteiger partial charge in [-0.05, 0) is 55.7 Å². The monoisotopic (exact) mass is 433 g/mol. The van der Waals surface area contributed by atoms with E-state index in [2.05, 4.69) is 10.4 Å². The molecule has 0 saturated carbocycles. The van der Waals surface area contributed by atoms with Crippen LogP contribution >= 0.6 is 0 Å². The van der Waals surface area contributed by atoms with Crippen molar-refractivity contribution in [2.24, 2.45) is 7.05 Å². The summed E-state index contributed by atoms with van der Waals surface area (Å²) in [7, 11) is 1.86. The number of aromatic nitrogens is 2. The lowest BCUT2D eigenvalue weighted by Gasteiger charge is -2.19. The van der Waals surface area contributed by atoms with Crippen molar-refractivity contribution in [1.82, 2.24) is 15.1 Å². The van der Waals surface area contributed by atoms with Crippen LogP contribution in [0.15, 0.2) is 59.5 Å². The Bertz CT molecular complexity index is 1260. The van der Waals surface area contributed by atoms with Gasteiger partial charge >= 0.3 is 6.09 Å². The molecule has 7 nitrogen and oxygen atoms in total. The molecule has 0 unspecified atom stereocenters. The largest absolute Gasteiger partial charge is 0.464 e. The first kappa shape index (κ1) is 21.6. The summed E-state index contributed by atoms with van der Waals surface area (Å²) in [5.74, 6) is 0. The number of aryl methyl sites for hydroxylation is 1. The van der Waals surface area contributed by atoms with Crippen LogP contribution in [-0.4, -0.2) is 26.6 Å². The molecular weight excluding hydrogens is 406 g/mol. The van der Waals surface area contributed by atoms with Crippen molar-refractivity contribution >= 4 is 17.1 Å². The Morgan fingerprint density at radius 3 is 2.72 bits per heavy atom. The van der Waals surface area contributed by atoms with Crippen molar-refractivity contribution in [2.75, 3.05) is 0 Å². The molecule has 0 radical (unpaired) electrons. The molecule has 4 rings (SSSR count). The van der Waals surface area contributed by atoms with Gasteiger partial charge < -0.3 is 19.6 Å². The first-order valence-corrected chi connectivity index (χ1v) is 10.4. The van der Waals surface area contributed by atoms with E-state index in [0.29, 0.717) is 6.54 Å². The van der Waals surface area contributed by atoms with Crippen LogP contribution in [0.2, 0.25) is 0 Å². The summed E-state index contributed by atoms with van der Waals surface area (Å²) in [6.07, 6.45) is 4.90. The Balaban J connectivity index is 1.70. The van der Waals surface area contributed by atoms with Crippen LogP contribution in [0.5, 0.6) is 0 Å². The Labute approximate surface area is 186 Å². The van der Waals surface area contributed by atoms with Gasteiger partial charge in [-0.3, -0.25) is 4.68 Å². The summed E-state index contributed by atoms with van der Waals surface area (Å²) in [4.78, 5) is 12.0. The lowest BCUT2D eigenvalue weighted by atomic mass is 9.92. The van der Waals surface area contributed by atoms with Gasteiger partial charge in [0, 0.05) is 41.9 Å². The summed E-state index contributed by atoms with van der Waals surface area (Å²) in [6, 6.07) is 11.7. The van der Waals surface area contributed by atoms with Crippen LogP contribution in [0.3, 0.4) is 0 Å². The number of hydrogen-bond acceptors (Lipinski definition) is 5. The van der Waals surface area contributed by atoms with Gasteiger partial charge in [0.25, 0.3) is 0 Å². The molecule has 0 spiro atoms. The van der Waals surface area contributed by atoms with E-state index in [9.17, 15) is 9.90 Å². The second-order valence-electron chi connectivity index (χ2n) is 8.74. The zero-order valence-corrected chi connectivity index (χ0v) is 18.7. The minimum Gasteiger partial charge on any atom is -0.464 e. The number of furan rings is 1. The number of nitrogens with zero attached hydrogens (tertiary/aromatic N) is 2. The normalized spacial score (nSPS) is 11.7. The summed E-state index contributed by atoms with van der Waals surface area (Å²) in [5.41, 5.74) is 5.54. The number of alkyl carbamates (subject to hydrolysis) is 1. The van der Waals surface area contributed by atoms with Crippen LogP contribution in [0.4, 0.5) is 4.79 Å². The SMILES string of the molecule is Cn1cc(-c2c(CO)cc(-c3cccc(CNC(=O)OC(C)(C)C)c3)c3occc23)cn1. The van der Waals surface area contributed by atoms with E-state index >= 15 is 0 Å². The van der Waals surface area contributed by atoms with E-state index in [4.69, 9.17) is 9.15 Å². The maximum absolute atomic E-state index is 12.0. The van der Waals surface area contributed by atoms with Gasteiger partial charge in [-0.2, -0.15) is 5.10 Å². The number of aliphatic hydroxyl groups is 1. The van der Waals surface area contributed by atoms with E-state index in [-0.39, 0.29) is 6.61 Å². The number of nitrogens with one attached hydrogen (secondary N) is 1. The topological polar surface area (TPSA) is 89.5 Å². The van der Waals surface area contributed by atoms with Gasteiger partial charge in [-0.1, -0.05) is 18.2 Å². The van der Waals surface area contributed by atoms with Gasteiger partial charge in [0.2, 0.25) is 0 Å². The predicted octanol–water partition coefficient (Wildman–Crippen LogP) is 5.02. The Hall–Kier alpha value is -3.58. The molecule has 32 heavy (non-hydrogen) atoms. The van der Waals surface area contributed by atoms with E-state index in [0.717, 1.165) is 44.3 Å². The number of aliphatic hydroxyl groups excluding tert-OH is 1. The molecule has 0 atom stereocenters. The Morgan fingerprint density at radius 2 is 2.03 bits per heavy atom.